The molecule has 2 N–H and O–H groups in total. The van der Waals surface area contributed by atoms with Gasteiger partial charge in [0.25, 0.3) is 5.91 Å². The lowest BCUT2D eigenvalue weighted by Gasteiger charge is -2.26. The lowest BCUT2D eigenvalue weighted by Crippen LogP contribution is -2.37. The Morgan fingerprint density at radius 2 is 1.86 bits per heavy atom. The second kappa shape index (κ2) is 11.7. The molecule has 1 amide bonds. The van der Waals surface area contributed by atoms with Gasteiger partial charge in [-0.25, -0.2) is 0 Å². The van der Waals surface area contributed by atoms with Gasteiger partial charge in [-0.05, 0) is 49.1 Å². The van der Waals surface area contributed by atoms with Gasteiger partial charge in [0, 0.05) is 45.2 Å². The van der Waals surface area contributed by atoms with Crippen molar-refractivity contribution in [2.45, 2.75) is 32.2 Å². The van der Waals surface area contributed by atoms with E-state index in [4.69, 9.17) is 4.42 Å². The maximum Gasteiger partial charge on any atom is 0.253 e. The van der Waals surface area contributed by atoms with Crippen molar-refractivity contribution in [1.82, 2.24) is 15.5 Å². The molecule has 0 unspecified atom stereocenters. The summed E-state index contributed by atoms with van der Waals surface area (Å²) in [4.78, 5) is 18.7. The Bertz CT molecular complexity index is 738. The quantitative estimate of drug-likeness (QED) is 0.366. The van der Waals surface area contributed by atoms with E-state index < -0.39 is 0 Å². The predicted octanol–water partition coefficient (Wildman–Crippen LogP) is 3.43. The van der Waals surface area contributed by atoms with Gasteiger partial charge in [0.15, 0.2) is 5.96 Å². The topological polar surface area (TPSA) is 69.9 Å². The molecule has 1 aliphatic rings. The lowest BCUT2D eigenvalue weighted by molar-refractivity contribution is 0.0724. The minimum atomic E-state index is 0. The summed E-state index contributed by atoms with van der Waals surface area (Å²) in [7, 11) is 1.75. The van der Waals surface area contributed by atoms with E-state index in [9.17, 15) is 4.79 Å². The van der Waals surface area contributed by atoms with Gasteiger partial charge in [-0.15, -0.1) is 24.0 Å². The highest BCUT2D eigenvalue weighted by Gasteiger charge is 2.17. The smallest absolute Gasteiger partial charge is 0.253 e. The van der Waals surface area contributed by atoms with E-state index in [0.717, 1.165) is 61.7 Å². The molecule has 6 nitrogen and oxygen atoms in total. The fourth-order valence-corrected chi connectivity index (χ4v) is 3.21. The highest BCUT2D eigenvalue weighted by molar-refractivity contribution is 14.0. The number of hydrogen-bond donors (Lipinski definition) is 2. The number of piperidine rings is 1. The molecule has 2 aromatic rings. The van der Waals surface area contributed by atoms with Crippen molar-refractivity contribution in [2.24, 2.45) is 4.99 Å². The number of benzene rings is 1. The Morgan fingerprint density at radius 1 is 1.11 bits per heavy atom. The molecule has 0 spiro atoms. The molecule has 1 aliphatic heterocycles. The third-order valence-electron chi connectivity index (χ3n) is 4.77. The van der Waals surface area contributed by atoms with Crippen molar-refractivity contribution in [3.8, 4) is 0 Å². The number of nitrogens with zero attached hydrogens (tertiary/aromatic N) is 2. The number of halogens is 1. The van der Waals surface area contributed by atoms with Crippen molar-refractivity contribution in [1.29, 1.82) is 0 Å². The Morgan fingerprint density at radius 3 is 2.50 bits per heavy atom. The standard InChI is InChI=1S/C21H28N4O2.HI/c1-22-21(23-12-11-19-6-5-15-27-19)24-16-17-7-9-18(10-8-17)20(26)25-13-3-2-4-14-25;/h5-10,15H,2-4,11-14,16H2,1H3,(H2,22,23,24);1H. The SMILES string of the molecule is CN=C(NCCc1ccco1)NCc1ccc(C(=O)N2CCCCC2)cc1.I. The van der Waals surface area contributed by atoms with E-state index in [-0.39, 0.29) is 29.9 Å². The molecule has 0 bridgehead atoms. The summed E-state index contributed by atoms with van der Waals surface area (Å²) in [6, 6.07) is 11.7. The van der Waals surface area contributed by atoms with Gasteiger partial charge in [-0.2, -0.15) is 0 Å². The number of rotatable bonds is 6. The molecular weight excluding hydrogens is 467 g/mol. The highest BCUT2D eigenvalue weighted by atomic mass is 127. The zero-order valence-corrected chi connectivity index (χ0v) is 18.6. The summed E-state index contributed by atoms with van der Waals surface area (Å²) in [5.74, 6) is 1.84. The zero-order valence-electron chi connectivity index (χ0n) is 16.3. The Hall–Kier alpha value is -2.03. The van der Waals surface area contributed by atoms with Crippen LogP contribution in [0.5, 0.6) is 0 Å². The van der Waals surface area contributed by atoms with Crippen molar-refractivity contribution < 1.29 is 9.21 Å². The fraction of sp³-hybridized carbons (Fsp3) is 0.429. The first-order valence-electron chi connectivity index (χ1n) is 9.61. The van der Waals surface area contributed by atoms with Crippen molar-refractivity contribution in [2.75, 3.05) is 26.7 Å². The third kappa shape index (κ3) is 6.54. The molecule has 1 saturated heterocycles. The number of hydrogen-bond acceptors (Lipinski definition) is 3. The van der Waals surface area contributed by atoms with Gasteiger partial charge in [0.1, 0.15) is 5.76 Å². The van der Waals surface area contributed by atoms with Crippen LogP contribution in [0.15, 0.2) is 52.1 Å². The van der Waals surface area contributed by atoms with Crippen LogP contribution in [-0.2, 0) is 13.0 Å². The largest absolute Gasteiger partial charge is 0.469 e. The number of amides is 1. The number of carbonyl (C=O) groups is 1. The summed E-state index contributed by atoms with van der Waals surface area (Å²) in [5, 5.41) is 6.56. The summed E-state index contributed by atoms with van der Waals surface area (Å²) < 4.78 is 5.32. The van der Waals surface area contributed by atoms with Crippen molar-refractivity contribution in [3.05, 3.63) is 59.5 Å². The van der Waals surface area contributed by atoms with Crippen LogP contribution in [0.3, 0.4) is 0 Å². The highest BCUT2D eigenvalue weighted by Crippen LogP contribution is 2.14. The molecule has 152 valence electrons. The third-order valence-corrected chi connectivity index (χ3v) is 4.77. The molecule has 0 saturated carbocycles. The molecule has 0 radical (unpaired) electrons. The van der Waals surface area contributed by atoms with Gasteiger partial charge >= 0.3 is 0 Å². The van der Waals surface area contributed by atoms with Crippen LogP contribution in [0.1, 0.15) is 40.9 Å². The van der Waals surface area contributed by atoms with E-state index in [1.165, 1.54) is 6.42 Å². The van der Waals surface area contributed by atoms with Crippen LogP contribution in [0, 0.1) is 0 Å². The number of aliphatic imine (C=N–C) groups is 1. The van der Waals surface area contributed by atoms with Gasteiger partial charge in [-0.1, -0.05) is 12.1 Å². The first-order chi connectivity index (χ1) is 13.3. The molecule has 0 aliphatic carbocycles. The summed E-state index contributed by atoms with van der Waals surface area (Å²) in [6.45, 7) is 3.15. The molecule has 1 aromatic heterocycles. The molecule has 7 heteroatoms. The monoisotopic (exact) mass is 496 g/mol. The summed E-state index contributed by atoms with van der Waals surface area (Å²) in [5.41, 5.74) is 1.88. The van der Waals surface area contributed by atoms with E-state index in [0.29, 0.717) is 6.54 Å². The van der Waals surface area contributed by atoms with E-state index in [1.54, 1.807) is 13.3 Å². The second-order valence-corrected chi connectivity index (χ2v) is 6.73. The average molecular weight is 496 g/mol. The summed E-state index contributed by atoms with van der Waals surface area (Å²) >= 11 is 0. The number of guanidine groups is 1. The predicted molar refractivity (Wildman–Crippen MR) is 122 cm³/mol. The minimum absolute atomic E-state index is 0. The van der Waals surface area contributed by atoms with Gasteiger partial charge in [-0.3, -0.25) is 9.79 Å². The Labute approximate surface area is 183 Å². The molecule has 0 atom stereocenters. The average Bonchev–Trinajstić information content (AvgIpc) is 3.24. The van der Waals surface area contributed by atoms with Crippen LogP contribution in [0.2, 0.25) is 0 Å². The van der Waals surface area contributed by atoms with Crippen LogP contribution in [0.4, 0.5) is 0 Å². The fourth-order valence-electron chi connectivity index (χ4n) is 3.21. The number of nitrogens with one attached hydrogen (secondary N) is 2. The van der Waals surface area contributed by atoms with E-state index in [1.807, 2.05) is 41.3 Å². The Kier molecular flexibility index (Phi) is 9.33. The Balaban J connectivity index is 0.00000280. The van der Waals surface area contributed by atoms with Crippen LogP contribution in [0.25, 0.3) is 0 Å². The first-order valence-corrected chi connectivity index (χ1v) is 9.61. The number of carbonyl (C=O) groups excluding carboxylic acids is 1. The molecule has 2 heterocycles. The van der Waals surface area contributed by atoms with Crippen molar-refractivity contribution >= 4 is 35.8 Å². The molecule has 3 rings (SSSR count). The molecular formula is C21H29IN4O2. The number of furan rings is 1. The zero-order chi connectivity index (χ0) is 18.9. The van der Waals surface area contributed by atoms with Gasteiger partial charge < -0.3 is 20.0 Å². The first kappa shape index (κ1) is 22.3. The second-order valence-electron chi connectivity index (χ2n) is 6.73. The van der Waals surface area contributed by atoms with Crippen LogP contribution >= 0.6 is 24.0 Å². The minimum Gasteiger partial charge on any atom is -0.469 e. The maximum absolute atomic E-state index is 12.5. The maximum atomic E-state index is 12.5. The molecule has 28 heavy (non-hydrogen) atoms. The van der Waals surface area contributed by atoms with Gasteiger partial charge in [0.2, 0.25) is 0 Å². The normalized spacial score (nSPS) is 14.3. The summed E-state index contributed by atoms with van der Waals surface area (Å²) in [6.07, 6.45) is 5.94. The van der Waals surface area contributed by atoms with Crippen LogP contribution < -0.4 is 10.6 Å². The number of likely N-dealkylation sites (tertiary alicyclic amines) is 1. The van der Waals surface area contributed by atoms with E-state index >= 15 is 0 Å². The van der Waals surface area contributed by atoms with E-state index in [2.05, 4.69) is 15.6 Å². The van der Waals surface area contributed by atoms with Gasteiger partial charge in [0.05, 0.1) is 6.26 Å². The molecule has 1 fully saturated rings. The van der Waals surface area contributed by atoms with Crippen LogP contribution in [-0.4, -0.2) is 43.4 Å². The van der Waals surface area contributed by atoms with Crippen molar-refractivity contribution in [3.63, 3.8) is 0 Å². The lowest BCUT2D eigenvalue weighted by atomic mass is 10.1. The molecule has 1 aromatic carbocycles.